The molecule has 1 atom stereocenters. The van der Waals surface area contributed by atoms with E-state index in [0.717, 1.165) is 5.56 Å². The summed E-state index contributed by atoms with van der Waals surface area (Å²) in [5, 5.41) is 3.21. The zero-order valence-electron chi connectivity index (χ0n) is 19.9. The Balaban J connectivity index is 1.89. The molecule has 1 unspecified atom stereocenters. The molecular weight excluding hydrogens is 521 g/mol. The van der Waals surface area contributed by atoms with Crippen LogP contribution in [0.3, 0.4) is 0 Å². The third-order valence-corrected chi connectivity index (χ3v) is 7.65. The van der Waals surface area contributed by atoms with E-state index in [-0.39, 0.29) is 16.3 Å². The number of rotatable bonds is 9. The molecule has 36 heavy (non-hydrogen) atoms. The van der Waals surface area contributed by atoms with Gasteiger partial charge in [-0.15, -0.1) is 0 Å². The van der Waals surface area contributed by atoms with E-state index in [1.807, 2.05) is 42.0 Å². The molecule has 0 saturated heterocycles. The van der Waals surface area contributed by atoms with Crippen LogP contribution in [0.1, 0.15) is 24.5 Å². The van der Waals surface area contributed by atoms with Gasteiger partial charge in [0, 0.05) is 18.7 Å². The van der Waals surface area contributed by atoms with Crippen molar-refractivity contribution in [1.82, 2.24) is 10.0 Å². The van der Waals surface area contributed by atoms with Gasteiger partial charge in [-0.25, -0.2) is 17.9 Å². The van der Waals surface area contributed by atoms with E-state index in [0.29, 0.717) is 29.2 Å². The lowest BCUT2D eigenvalue weighted by molar-refractivity contribution is -0.120. The Morgan fingerprint density at radius 1 is 0.944 bits per heavy atom. The maximum absolute atomic E-state index is 13.7. The number of nitrogens with one attached hydrogen (secondary N) is 2. The molecule has 3 amide bonds. The lowest BCUT2D eigenvalue weighted by Crippen LogP contribution is -2.53. The predicted octanol–water partition coefficient (Wildman–Crippen LogP) is 5.34. The van der Waals surface area contributed by atoms with Crippen molar-refractivity contribution in [2.75, 3.05) is 11.4 Å². The van der Waals surface area contributed by atoms with E-state index in [1.54, 1.807) is 43.3 Å². The second-order valence-corrected chi connectivity index (χ2v) is 10.6. The van der Waals surface area contributed by atoms with E-state index in [9.17, 15) is 18.0 Å². The average molecular weight is 548 g/mol. The molecule has 0 radical (unpaired) electrons. The van der Waals surface area contributed by atoms with Crippen molar-refractivity contribution in [3.8, 4) is 0 Å². The highest BCUT2D eigenvalue weighted by Gasteiger charge is 2.29. The lowest BCUT2D eigenvalue weighted by Gasteiger charge is -2.28. The molecule has 0 aliphatic heterocycles. The minimum absolute atomic E-state index is 0.0190. The average Bonchev–Trinajstić information content (AvgIpc) is 2.84. The summed E-state index contributed by atoms with van der Waals surface area (Å²) < 4.78 is 27.6. The Morgan fingerprint density at radius 2 is 1.61 bits per heavy atom. The number of amides is 3. The van der Waals surface area contributed by atoms with Gasteiger partial charge in [-0.2, -0.15) is 0 Å². The molecule has 3 aromatic rings. The van der Waals surface area contributed by atoms with Gasteiger partial charge in [0.05, 0.1) is 14.9 Å². The second-order valence-electron chi connectivity index (χ2n) is 8.18. The summed E-state index contributed by atoms with van der Waals surface area (Å²) in [7, 11) is -4.15. The summed E-state index contributed by atoms with van der Waals surface area (Å²) in [5.41, 5.74) is 1.80. The minimum Gasteiger partial charge on any atom is -0.325 e. The van der Waals surface area contributed by atoms with Crippen LogP contribution in [0, 0.1) is 6.92 Å². The molecular formula is C26H27Cl2N3O4S. The third-order valence-electron chi connectivity index (χ3n) is 5.42. The van der Waals surface area contributed by atoms with E-state index >= 15 is 0 Å². The molecule has 2 N–H and O–H groups in total. The Kier molecular flexibility index (Phi) is 9.37. The smallest absolute Gasteiger partial charge is 0.325 e. The number of aryl methyl sites for hydroxylation is 1. The summed E-state index contributed by atoms with van der Waals surface area (Å²) in [6.07, 6.45) is 0.789. The van der Waals surface area contributed by atoms with Crippen LogP contribution < -0.4 is 14.9 Å². The number of carbonyl (C=O) groups excluding carboxylic acids is 2. The fraction of sp³-hybridized carbons (Fsp3) is 0.231. The minimum atomic E-state index is -4.15. The normalized spacial score (nSPS) is 12.0. The van der Waals surface area contributed by atoms with Gasteiger partial charge in [0.15, 0.2) is 0 Å². The number of hydrogen-bond acceptors (Lipinski definition) is 4. The van der Waals surface area contributed by atoms with Crippen LogP contribution in [0.4, 0.5) is 10.5 Å². The second kappa shape index (κ2) is 12.3. The SMILES string of the molecule is CCCN(C(=O)C(Cc1ccccc1)NC(=O)NS(=O)(=O)c1ccccc1C)c1ccc(Cl)c(Cl)c1. The zero-order valence-corrected chi connectivity index (χ0v) is 22.2. The number of nitrogens with zero attached hydrogens (tertiary/aromatic N) is 1. The highest BCUT2D eigenvalue weighted by Crippen LogP contribution is 2.28. The first-order valence-electron chi connectivity index (χ1n) is 11.3. The lowest BCUT2D eigenvalue weighted by atomic mass is 10.0. The molecule has 0 aromatic heterocycles. The zero-order chi connectivity index (χ0) is 26.3. The van der Waals surface area contributed by atoms with Crippen LogP contribution in [0.5, 0.6) is 0 Å². The van der Waals surface area contributed by atoms with Gasteiger partial charge in [-0.3, -0.25) is 4.79 Å². The van der Waals surface area contributed by atoms with E-state index in [1.165, 1.54) is 11.0 Å². The van der Waals surface area contributed by atoms with Crippen LogP contribution in [0.2, 0.25) is 10.0 Å². The van der Waals surface area contributed by atoms with Crippen molar-refractivity contribution in [2.24, 2.45) is 0 Å². The molecule has 10 heteroatoms. The molecule has 3 aromatic carbocycles. The number of carbonyl (C=O) groups is 2. The van der Waals surface area contributed by atoms with Gasteiger partial charge in [0.25, 0.3) is 10.0 Å². The van der Waals surface area contributed by atoms with E-state index in [4.69, 9.17) is 23.2 Å². The Bertz CT molecular complexity index is 1330. The van der Waals surface area contributed by atoms with Crippen LogP contribution in [0.15, 0.2) is 77.7 Å². The third kappa shape index (κ3) is 7.00. The van der Waals surface area contributed by atoms with Crippen LogP contribution in [0.25, 0.3) is 0 Å². The summed E-state index contributed by atoms with van der Waals surface area (Å²) >= 11 is 12.2. The largest absolute Gasteiger partial charge is 0.329 e. The summed E-state index contributed by atoms with van der Waals surface area (Å²) in [5.74, 6) is -0.414. The fourth-order valence-electron chi connectivity index (χ4n) is 3.70. The van der Waals surface area contributed by atoms with Gasteiger partial charge in [0.2, 0.25) is 5.91 Å². The number of sulfonamides is 1. The Labute approximate surface area is 221 Å². The first kappa shape index (κ1) is 27.5. The van der Waals surface area contributed by atoms with Crippen molar-refractivity contribution in [3.63, 3.8) is 0 Å². The van der Waals surface area contributed by atoms with Gasteiger partial charge in [-0.05, 0) is 48.7 Å². The molecule has 0 aliphatic carbocycles. The molecule has 0 bridgehead atoms. The molecule has 7 nitrogen and oxygen atoms in total. The van der Waals surface area contributed by atoms with Crippen LogP contribution in [-0.2, 0) is 21.2 Å². The Hall–Kier alpha value is -3.07. The molecule has 0 aliphatic rings. The monoisotopic (exact) mass is 547 g/mol. The standard InChI is InChI=1S/C26H27Cl2N3O4S/c1-3-15-31(20-13-14-21(27)22(28)17-20)25(32)23(16-19-10-5-4-6-11-19)29-26(33)30-36(34,35)24-12-8-7-9-18(24)2/h4-14,17,23H,3,15-16H2,1-2H3,(H2,29,30,33). The molecule has 3 rings (SSSR count). The maximum Gasteiger partial charge on any atom is 0.329 e. The quantitative estimate of drug-likeness (QED) is 0.377. The van der Waals surface area contributed by atoms with Gasteiger partial charge >= 0.3 is 6.03 Å². The first-order valence-corrected chi connectivity index (χ1v) is 13.6. The van der Waals surface area contributed by atoms with Crippen LogP contribution >= 0.6 is 23.2 Å². The van der Waals surface area contributed by atoms with Crippen molar-refractivity contribution >= 4 is 50.9 Å². The number of halogens is 2. The van der Waals surface area contributed by atoms with E-state index in [2.05, 4.69) is 5.32 Å². The molecule has 0 spiro atoms. The number of benzene rings is 3. The topological polar surface area (TPSA) is 95.6 Å². The summed E-state index contributed by atoms with van der Waals surface area (Å²) in [4.78, 5) is 28.1. The molecule has 0 fully saturated rings. The maximum atomic E-state index is 13.7. The fourth-order valence-corrected chi connectivity index (χ4v) is 5.16. The van der Waals surface area contributed by atoms with Crippen molar-refractivity contribution in [3.05, 3.63) is 94.0 Å². The highest BCUT2D eigenvalue weighted by molar-refractivity contribution is 7.90. The van der Waals surface area contributed by atoms with Gasteiger partial charge in [-0.1, -0.05) is 78.7 Å². The van der Waals surface area contributed by atoms with Crippen molar-refractivity contribution < 1.29 is 18.0 Å². The summed E-state index contributed by atoms with van der Waals surface area (Å²) in [6, 6.07) is 18.2. The van der Waals surface area contributed by atoms with Gasteiger partial charge in [0.1, 0.15) is 6.04 Å². The summed E-state index contributed by atoms with van der Waals surface area (Å²) in [6.45, 7) is 3.90. The molecule has 190 valence electrons. The first-order chi connectivity index (χ1) is 17.1. The molecule has 0 heterocycles. The van der Waals surface area contributed by atoms with Gasteiger partial charge < -0.3 is 10.2 Å². The van der Waals surface area contributed by atoms with E-state index < -0.39 is 28.0 Å². The molecule has 0 saturated carbocycles. The predicted molar refractivity (Wildman–Crippen MR) is 143 cm³/mol. The highest BCUT2D eigenvalue weighted by atomic mass is 35.5. The van der Waals surface area contributed by atoms with Crippen LogP contribution in [-0.4, -0.2) is 32.9 Å². The van der Waals surface area contributed by atoms with Crippen molar-refractivity contribution in [1.29, 1.82) is 0 Å². The van der Waals surface area contributed by atoms with Crippen molar-refractivity contribution in [2.45, 2.75) is 37.6 Å². The Morgan fingerprint density at radius 3 is 2.25 bits per heavy atom. The number of urea groups is 1. The number of hydrogen-bond donors (Lipinski definition) is 2. The number of anilines is 1.